The van der Waals surface area contributed by atoms with Gasteiger partial charge in [-0.1, -0.05) is 24.1 Å². The fourth-order valence-electron chi connectivity index (χ4n) is 8.95. The summed E-state index contributed by atoms with van der Waals surface area (Å²) in [6.45, 7) is 7.16. The van der Waals surface area contributed by atoms with E-state index in [9.17, 15) is 5.11 Å². The van der Waals surface area contributed by atoms with Crippen LogP contribution in [0, 0.1) is 29.0 Å². The molecule has 1 spiro atoms. The van der Waals surface area contributed by atoms with Gasteiger partial charge in [-0.25, -0.2) is 4.39 Å². The molecule has 5 heterocycles. The molecule has 48 heavy (non-hydrogen) atoms. The van der Waals surface area contributed by atoms with Gasteiger partial charge in [0.05, 0.1) is 6.61 Å². The molecule has 1 saturated carbocycles. The second-order valence-electron chi connectivity index (χ2n) is 15.1. The summed E-state index contributed by atoms with van der Waals surface area (Å²) in [5.41, 5.74) is 2.21. The van der Waals surface area contributed by atoms with Crippen LogP contribution in [0.15, 0.2) is 42.5 Å². The number of terminal acetylenes is 1. The SMILES string of the molecule is C#Cc1cccc2cc(O)cc(-c3ccc4c(N5CC6CCC(C5)N6)nc(OCC5(CN6CCC7(CCOCC7)C6)CC5)nc4c3F)c12. The Balaban J connectivity index is 1.07. The lowest BCUT2D eigenvalue weighted by Crippen LogP contribution is -2.51. The van der Waals surface area contributed by atoms with Crippen LogP contribution in [0.3, 0.4) is 0 Å². The first kappa shape index (κ1) is 30.1. The summed E-state index contributed by atoms with van der Waals surface area (Å²) in [5.74, 6) is 3.03. The Kier molecular flexibility index (Phi) is 7.26. The summed E-state index contributed by atoms with van der Waals surface area (Å²) >= 11 is 0. The Morgan fingerprint density at radius 1 is 1.02 bits per heavy atom. The van der Waals surface area contributed by atoms with Gasteiger partial charge in [0.25, 0.3) is 0 Å². The Morgan fingerprint density at radius 2 is 1.83 bits per heavy atom. The van der Waals surface area contributed by atoms with E-state index in [2.05, 4.69) is 21.0 Å². The first-order valence-corrected chi connectivity index (χ1v) is 17.6. The lowest BCUT2D eigenvalue weighted by Gasteiger charge is -2.34. The number of hydrogen-bond donors (Lipinski definition) is 2. The molecule has 9 heteroatoms. The molecule has 4 aliphatic heterocycles. The van der Waals surface area contributed by atoms with Crippen LogP contribution in [-0.2, 0) is 4.74 Å². The highest BCUT2D eigenvalue weighted by Crippen LogP contribution is 2.49. The Morgan fingerprint density at radius 3 is 2.60 bits per heavy atom. The number of fused-ring (bicyclic) bond motifs is 4. The molecule has 5 fully saturated rings. The van der Waals surface area contributed by atoms with Crippen LogP contribution < -0.4 is 15.0 Å². The second-order valence-corrected chi connectivity index (χ2v) is 15.1. The van der Waals surface area contributed by atoms with Gasteiger partial charge in [-0.05, 0) is 92.1 Å². The summed E-state index contributed by atoms with van der Waals surface area (Å²) in [6.07, 6.45) is 13.9. The molecular weight excluding hydrogens is 605 g/mol. The van der Waals surface area contributed by atoms with Crippen LogP contribution in [0.1, 0.15) is 50.5 Å². The number of hydrogen-bond acceptors (Lipinski definition) is 8. The van der Waals surface area contributed by atoms with Crippen LogP contribution in [-0.4, -0.2) is 84.6 Å². The van der Waals surface area contributed by atoms with Crippen molar-refractivity contribution < 1.29 is 19.0 Å². The molecule has 5 aliphatic rings. The van der Waals surface area contributed by atoms with Crippen LogP contribution in [0.5, 0.6) is 11.8 Å². The molecule has 0 radical (unpaired) electrons. The number of phenolic OH excluding ortho intramolecular Hbond substituents is 1. The topological polar surface area (TPSA) is 83.0 Å². The van der Waals surface area contributed by atoms with Crippen molar-refractivity contribution in [1.82, 2.24) is 20.2 Å². The van der Waals surface area contributed by atoms with Gasteiger partial charge in [0.1, 0.15) is 17.1 Å². The number of phenols is 1. The number of likely N-dealkylation sites (tertiary alicyclic amines) is 1. The number of benzene rings is 3. The number of nitrogens with zero attached hydrogens (tertiary/aromatic N) is 4. The van der Waals surface area contributed by atoms with Crippen molar-refractivity contribution in [3.63, 3.8) is 0 Å². The number of ether oxygens (including phenoxy) is 2. The molecule has 9 rings (SSSR count). The van der Waals surface area contributed by atoms with Gasteiger partial charge < -0.3 is 29.7 Å². The molecule has 1 aliphatic carbocycles. The molecule has 1 aromatic heterocycles. The first-order chi connectivity index (χ1) is 23.4. The van der Waals surface area contributed by atoms with Crippen LogP contribution in [0.25, 0.3) is 32.8 Å². The third kappa shape index (κ3) is 5.35. The molecule has 2 unspecified atom stereocenters. The van der Waals surface area contributed by atoms with E-state index in [1.165, 1.54) is 6.42 Å². The third-order valence-corrected chi connectivity index (χ3v) is 11.8. The summed E-state index contributed by atoms with van der Waals surface area (Å²) in [7, 11) is 0. The number of aromatic hydroxyl groups is 1. The molecule has 248 valence electrons. The Bertz CT molecular complexity index is 1940. The predicted molar refractivity (Wildman–Crippen MR) is 185 cm³/mol. The van der Waals surface area contributed by atoms with E-state index in [1.54, 1.807) is 18.2 Å². The van der Waals surface area contributed by atoms with E-state index in [1.807, 2.05) is 24.3 Å². The summed E-state index contributed by atoms with van der Waals surface area (Å²) < 4.78 is 29.1. The molecule has 2 N–H and O–H groups in total. The molecule has 2 bridgehead atoms. The van der Waals surface area contributed by atoms with Crippen molar-refractivity contribution in [2.24, 2.45) is 10.8 Å². The fourth-order valence-corrected chi connectivity index (χ4v) is 8.95. The number of halogens is 1. The van der Waals surface area contributed by atoms with E-state index in [-0.39, 0.29) is 22.7 Å². The maximum atomic E-state index is 16.9. The van der Waals surface area contributed by atoms with Gasteiger partial charge in [0.15, 0.2) is 5.82 Å². The average Bonchev–Trinajstić information content (AvgIpc) is 3.64. The normalized spacial score (nSPS) is 24.4. The summed E-state index contributed by atoms with van der Waals surface area (Å²) in [6, 6.07) is 13.5. The summed E-state index contributed by atoms with van der Waals surface area (Å²) in [5, 5.41) is 16.5. The zero-order valence-electron chi connectivity index (χ0n) is 27.3. The maximum Gasteiger partial charge on any atom is 0.319 e. The number of nitrogens with one attached hydrogen (secondary N) is 1. The molecular formula is C39H42FN5O3. The van der Waals surface area contributed by atoms with Gasteiger partial charge in [-0.15, -0.1) is 6.42 Å². The lowest BCUT2D eigenvalue weighted by molar-refractivity contribution is 0.0179. The van der Waals surface area contributed by atoms with E-state index in [0.29, 0.717) is 46.2 Å². The standard InChI is InChI=1S/C39H42FN5O3/c1-2-25-4-3-5-26-18-29(46)19-32(33(25)26)30-8-9-31-35(34(30)40)42-37(43-36(31)45-20-27-6-7-28(21-45)41-27)48-24-39(10-11-39)23-44-15-12-38(22-44)13-16-47-17-14-38/h1,3-5,8-9,18-19,27-28,41,46H,6-7,10-17,20-24H2. The first-order valence-electron chi connectivity index (χ1n) is 17.6. The number of rotatable bonds is 7. The number of piperazine rings is 1. The highest BCUT2D eigenvalue weighted by Gasteiger charge is 2.48. The van der Waals surface area contributed by atoms with E-state index in [4.69, 9.17) is 25.9 Å². The van der Waals surface area contributed by atoms with Crippen molar-refractivity contribution in [2.75, 3.05) is 57.4 Å². The van der Waals surface area contributed by atoms with E-state index >= 15 is 4.39 Å². The second kappa shape index (κ2) is 11.6. The van der Waals surface area contributed by atoms with Crippen molar-refractivity contribution >= 4 is 27.5 Å². The Labute approximate surface area is 280 Å². The smallest absolute Gasteiger partial charge is 0.319 e. The van der Waals surface area contributed by atoms with Gasteiger partial charge in [-0.2, -0.15) is 9.97 Å². The molecule has 4 aromatic rings. The van der Waals surface area contributed by atoms with Gasteiger partial charge in [0, 0.05) is 78.8 Å². The van der Waals surface area contributed by atoms with Crippen molar-refractivity contribution in [3.05, 3.63) is 53.8 Å². The minimum atomic E-state index is -0.474. The van der Waals surface area contributed by atoms with Gasteiger partial charge >= 0.3 is 6.01 Å². The molecule has 0 amide bonds. The zero-order valence-corrected chi connectivity index (χ0v) is 27.3. The van der Waals surface area contributed by atoms with Gasteiger partial charge in [-0.3, -0.25) is 0 Å². The molecule has 2 atom stereocenters. The zero-order chi connectivity index (χ0) is 32.5. The quantitative estimate of drug-likeness (QED) is 0.241. The van der Waals surface area contributed by atoms with E-state index in [0.717, 1.165) is 101 Å². The highest BCUT2D eigenvalue weighted by atomic mass is 19.1. The third-order valence-electron chi connectivity index (χ3n) is 11.8. The molecule has 8 nitrogen and oxygen atoms in total. The maximum absolute atomic E-state index is 16.9. The van der Waals surface area contributed by atoms with Crippen LogP contribution in [0.4, 0.5) is 10.2 Å². The fraction of sp³-hybridized carbons (Fsp3) is 0.487. The Hall–Kier alpha value is -3.97. The largest absolute Gasteiger partial charge is 0.508 e. The predicted octanol–water partition coefficient (Wildman–Crippen LogP) is 5.88. The van der Waals surface area contributed by atoms with Crippen molar-refractivity contribution in [1.29, 1.82) is 0 Å². The number of anilines is 1. The summed E-state index contributed by atoms with van der Waals surface area (Å²) in [4.78, 5) is 14.7. The van der Waals surface area contributed by atoms with Gasteiger partial charge in [0.2, 0.25) is 0 Å². The van der Waals surface area contributed by atoms with Crippen LogP contribution >= 0.6 is 0 Å². The monoisotopic (exact) mass is 647 g/mol. The molecule has 3 aromatic carbocycles. The minimum absolute atomic E-state index is 0.0466. The minimum Gasteiger partial charge on any atom is -0.508 e. The van der Waals surface area contributed by atoms with E-state index < -0.39 is 5.82 Å². The average molecular weight is 648 g/mol. The van der Waals surface area contributed by atoms with Crippen molar-refractivity contribution in [3.8, 4) is 35.2 Å². The number of aromatic nitrogens is 2. The highest BCUT2D eigenvalue weighted by molar-refractivity contribution is 6.04. The molecule has 4 saturated heterocycles. The lowest BCUT2D eigenvalue weighted by atomic mass is 9.80. The van der Waals surface area contributed by atoms with Crippen LogP contribution in [0.2, 0.25) is 0 Å². The van der Waals surface area contributed by atoms with Crippen molar-refractivity contribution in [2.45, 2.75) is 57.0 Å².